The van der Waals surface area contributed by atoms with Gasteiger partial charge in [-0.1, -0.05) is 13.0 Å². The van der Waals surface area contributed by atoms with Crippen molar-refractivity contribution in [1.29, 1.82) is 5.26 Å². The molecule has 3 saturated heterocycles. The number of ether oxygens (including phenoxy) is 1. The molecule has 2 aromatic carbocycles. The normalized spacial score (nSPS) is 20.7. The molecule has 3 fully saturated rings. The third-order valence-electron chi connectivity index (χ3n) is 9.05. The van der Waals surface area contributed by atoms with Crippen LogP contribution in [-0.4, -0.2) is 65.6 Å². The van der Waals surface area contributed by atoms with Crippen LogP contribution in [0.4, 0.5) is 32.8 Å². The van der Waals surface area contributed by atoms with Crippen molar-refractivity contribution in [3.05, 3.63) is 41.0 Å². The van der Waals surface area contributed by atoms with E-state index in [0.717, 1.165) is 31.0 Å². The third-order valence-corrected chi connectivity index (χ3v) is 10.1. The number of nitrogens with zero attached hydrogens (tertiary/aromatic N) is 5. The van der Waals surface area contributed by atoms with E-state index in [1.54, 1.807) is 4.90 Å². The van der Waals surface area contributed by atoms with Gasteiger partial charge in [0.05, 0.1) is 15.8 Å². The van der Waals surface area contributed by atoms with E-state index >= 15 is 4.39 Å². The molecule has 7 rings (SSSR count). The number of nitriles is 1. The van der Waals surface area contributed by atoms with Gasteiger partial charge in [0.15, 0.2) is 5.82 Å². The number of hydrogen-bond donors (Lipinski definition) is 2. The number of nitrogens with one attached hydrogen (secondary N) is 1. The Morgan fingerprint density at radius 1 is 1.22 bits per heavy atom. The summed E-state index contributed by atoms with van der Waals surface area (Å²) in [6.45, 7) is 5.21. The minimum absolute atomic E-state index is 0.0769. The minimum Gasteiger partial charge on any atom is -0.463 e. The SMILES string of the molecule is CC(=O)N1CC(C)(COc2nc(N3CC4CCC(C3)N4)c3cc(C(F)(F)F)c(-c4ccc(F)c5sc(N)c(C#N)c45)c(F)c3n2)C1. The number of likely N-dealkylation sites (tertiary alicyclic amines) is 1. The van der Waals surface area contributed by atoms with Crippen LogP contribution in [-0.2, 0) is 11.0 Å². The molecule has 240 valence electrons. The number of thiophene rings is 1. The van der Waals surface area contributed by atoms with E-state index < -0.39 is 39.9 Å². The number of nitrogens with two attached hydrogens (primary N) is 1. The number of piperazine rings is 1. The molecule has 46 heavy (non-hydrogen) atoms. The molecule has 2 bridgehead atoms. The number of carbonyl (C=O) groups is 1. The van der Waals surface area contributed by atoms with Crippen molar-refractivity contribution < 1.29 is 31.5 Å². The molecule has 0 saturated carbocycles. The highest BCUT2D eigenvalue weighted by atomic mass is 32.1. The number of nitrogen functional groups attached to an aromatic ring is 1. The van der Waals surface area contributed by atoms with Gasteiger partial charge >= 0.3 is 12.2 Å². The summed E-state index contributed by atoms with van der Waals surface area (Å²) in [7, 11) is 0. The van der Waals surface area contributed by atoms with Crippen molar-refractivity contribution in [1.82, 2.24) is 20.2 Å². The number of aromatic nitrogens is 2. The van der Waals surface area contributed by atoms with E-state index in [1.807, 2.05) is 17.9 Å². The number of benzene rings is 2. The summed E-state index contributed by atoms with van der Waals surface area (Å²) in [5, 5.41) is 12.8. The number of alkyl halides is 3. The number of hydrogen-bond acceptors (Lipinski definition) is 9. The standard InChI is InChI=1S/C31H28F5N7O2S/c1-14(44)43-11-30(2,12-43)13-45-29-40-25-18(28(41-29)42-9-15-3-4-16(10-42)39-15)7-20(31(34,35)36)23(24(25)33)17-5-6-21(32)26-22(17)19(8-37)27(38)46-26/h5-7,15-16,39H,3-4,9-13,38H2,1-2H3. The average Bonchev–Trinajstić information content (AvgIpc) is 3.51. The molecule has 3 aliphatic rings. The van der Waals surface area contributed by atoms with Crippen LogP contribution < -0.4 is 20.7 Å². The van der Waals surface area contributed by atoms with Crippen LogP contribution >= 0.6 is 11.3 Å². The minimum atomic E-state index is -5.05. The van der Waals surface area contributed by atoms with Gasteiger partial charge in [-0.05, 0) is 30.5 Å². The number of carbonyl (C=O) groups excluding carboxylic acids is 1. The van der Waals surface area contributed by atoms with E-state index in [9.17, 15) is 27.6 Å². The zero-order valence-electron chi connectivity index (χ0n) is 24.8. The van der Waals surface area contributed by atoms with Gasteiger partial charge in [0, 0.05) is 66.9 Å². The highest BCUT2D eigenvalue weighted by molar-refractivity contribution is 7.23. The molecule has 15 heteroatoms. The first-order valence-electron chi connectivity index (χ1n) is 14.7. The topological polar surface area (TPSA) is 120 Å². The van der Waals surface area contributed by atoms with Crippen LogP contribution in [0.5, 0.6) is 6.01 Å². The lowest BCUT2D eigenvalue weighted by molar-refractivity contribution is -0.141. The van der Waals surface area contributed by atoms with Crippen molar-refractivity contribution in [2.75, 3.05) is 43.4 Å². The number of halogens is 5. The third kappa shape index (κ3) is 4.94. The van der Waals surface area contributed by atoms with Crippen LogP contribution in [0.3, 0.4) is 0 Å². The van der Waals surface area contributed by atoms with E-state index in [4.69, 9.17) is 10.5 Å². The number of amides is 1. The number of fused-ring (bicyclic) bond motifs is 4. The second kappa shape index (κ2) is 10.6. The lowest BCUT2D eigenvalue weighted by atomic mass is 9.83. The van der Waals surface area contributed by atoms with Crippen LogP contribution in [0.25, 0.3) is 32.1 Å². The molecule has 2 unspecified atom stereocenters. The summed E-state index contributed by atoms with van der Waals surface area (Å²) in [6, 6.07) is 4.57. The summed E-state index contributed by atoms with van der Waals surface area (Å²) in [4.78, 5) is 24.0. The maximum Gasteiger partial charge on any atom is 0.417 e. The fourth-order valence-electron chi connectivity index (χ4n) is 6.89. The first-order valence-corrected chi connectivity index (χ1v) is 15.5. The predicted molar refractivity (Wildman–Crippen MR) is 162 cm³/mol. The number of anilines is 2. The maximum absolute atomic E-state index is 16.9. The molecule has 2 aromatic heterocycles. The molecule has 9 nitrogen and oxygen atoms in total. The molecule has 0 spiro atoms. The van der Waals surface area contributed by atoms with Crippen molar-refractivity contribution in [2.24, 2.45) is 5.41 Å². The van der Waals surface area contributed by atoms with Gasteiger partial charge in [-0.15, -0.1) is 11.3 Å². The van der Waals surface area contributed by atoms with Crippen molar-refractivity contribution in [3.8, 4) is 23.2 Å². The van der Waals surface area contributed by atoms with Crippen molar-refractivity contribution in [3.63, 3.8) is 0 Å². The zero-order chi connectivity index (χ0) is 32.7. The van der Waals surface area contributed by atoms with Crippen LogP contribution in [0.1, 0.15) is 37.8 Å². The van der Waals surface area contributed by atoms with Crippen LogP contribution in [0, 0.1) is 28.4 Å². The lowest BCUT2D eigenvalue weighted by Gasteiger charge is -2.47. The zero-order valence-corrected chi connectivity index (χ0v) is 25.6. The Balaban J connectivity index is 1.44. The molecule has 4 aromatic rings. The summed E-state index contributed by atoms with van der Waals surface area (Å²) in [5.41, 5.74) is 2.35. The second-order valence-corrected chi connectivity index (χ2v) is 13.7. The first kappa shape index (κ1) is 30.4. The van der Waals surface area contributed by atoms with Gasteiger partial charge in [-0.25, -0.2) is 8.78 Å². The maximum atomic E-state index is 16.9. The summed E-state index contributed by atoms with van der Waals surface area (Å²) in [5.74, 6) is -2.07. The largest absolute Gasteiger partial charge is 0.463 e. The smallest absolute Gasteiger partial charge is 0.417 e. The average molecular weight is 658 g/mol. The fraction of sp³-hybridized carbons (Fsp3) is 0.419. The number of rotatable bonds is 5. The highest BCUT2D eigenvalue weighted by Crippen LogP contribution is 2.48. The summed E-state index contributed by atoms with van der Waals surface area (Å²) in [6.07, 6.45) is -3.28. The van der Waals surface area contributed by atoms with Gasteiger partial charge in [0.25, 0.3) is 0 Å². The quantitative estimate of drug-likeness (QED) is 0.272. The molecular formula is C31H28F5N7O2S. The van der Waals surface area contributed by atoms with E-state index in [0.29, 0.717) is 37.5 Å². The lowest BCUT2D eigenvalue weighted by Crippen LogP contribution is -2.58. The molecule has 0 radical (unpaired) electrons. The Bertz CT molecular complexity index is 1960. The summed E-state index contributed by atoms with van der Waals surface area (Å²) >= 11 is 0.704. The van der Waals surface area contributed by atoms with Gasteiger partial charge in [-0.2, -0.15) is 28.4 Å². The Morgan fingerprint density at radius 3 is 2.54 bits per heavy atom. The molecule has 1 amide bonds. The molecule has 3 aliphatic heterocycles. The molecule has 3 N–H and O–H groups in total. The Hall–Kier alpha value is -4.29. The Labute approximate surface area is 263 Å². The Morgan fingerprint density at radius 2 is 1.91 bits per heavy atom. The van der Waals surface area contributed by atoms with Crippen LogP contribution in [0.2, 0.25) is 0 Å². The Kier molecular flexibility index (Phi) is 7.02. The van der Waals surface area contributed by atoms with Crippen molar-refractivity contribution >= 4 is 49.1 Å². The van der Waals surface area contributed by atoms with Gasteiger partial charge in [0.1, 0.15) is 34.8 Å². The van der Waals surface area contributed by atoms with E-state index in [-0.39, 0.29) is 68.0 Å². The first-order chi connectivity index (χ1) is 21.8. The molecule has 2 atom stereocenters. The fourth-order valence-corrected chi connectivity index (χ4v) is 7.84. The van der Waals surface area contributed by atoms with Gasteiger partial charge in [-0.3, -0.25) is 4.79 Å². The molecule has 0 aliphatic carbocycles. The second-order valence-electron chi connectivity index (χ2n) is 12.6. The molecular weight excluding hydrogens is 629 g/mol. The van der Waals surface area contributed by atoms with E-state index in [1.165, 1.54) is 6.92 Å². The van der Waals surface area contributed by atoms with Crippen molar-refractivity contribution in [2.45, 2.75) is 44.9 Å². The monoisotopic (exact) mass is 657 g/mol. The van der Waals surface area contributed by atoms with E-state index in [2.05, 4.69) is 15.3 Å². The summed E-state index contributed by atoms with van der Waals surface area (Å²) < 4.78 is 82.0. The highest BCUT2D eigenvalue weighted by Gasteiger charge is 2.42. The van der Waals surface area contributed by atoms with Gasteiger partial charge < -0.3 is 25.6 Å². The van der Waals surface area contributed by atoms with Gasteiger partial charge in [0.2, 0.25) is 5.91 Å². The molecule has 5 heterocycles. The van der Waals surface area contributed by atoms with Crippen LogP contribution in [0.15, 0.2) is 18.2 Å². The predicted octanol–water partition coefficient (Wildman–Crippen LogP) is 5.45.